The summed E-state index contributed by atoms with van der Waals surface area (Å²) in [5.41, 5.74) is 3.72. The van der Waals surface area contributed by atoms with Crippen molar-refractivity contribution in [3.05, 3.63) is 59.7 Å². The lowest BCUT2D eigenvalue weighted by Crippen LogP contribution is -2.31. The fraction of sp³-hybridized carbons (Fsp3) is 0.263. The summed E-state index contributed by atoms with van der Waals surface area (Å²) in [6.45, 7) is 2.77. The normalized spacial score (nSPS) is 15.1. The van der Waals surface area contributed by atoms with Crippen LogP contribution in [0, 0.1) is 0 Å². The number of rotatable bonds is 5. The molecule has 0 N–H and O–H groups in total. The number of unbranched alkanes of at least 4 members (excludes halogenated alkanes) is 1. The molecule has 1 amide bonds. The van der Waals surface area contributed by atoms with E-state index in [9.17, 15) is 4.79 Å². The van der Waals surface area contributed by atoms with E-state index >= 15 is 0 Å². The zero-order valence-electron chi connectivity index (χ0n) is 13.5. The lowest BCUT2D eigenvalue weighted by molar-refractivity contribution is 0.0852. The monoisotopic (exact) mass is 308 g/mol. The van der Waals surface area contributed by atoms with E-state index in [2.05, 4.69) is 24.2 Å². The van der Waals surface area contributed by atoms with Gasteiger partial charge in [0.05, 0.1) is 5.56 Å². The first-order valence-corrected chi connectivity index (χ1v) is 7.89. The van der Waals surface area contributed by atoms with Gasteiger partial charge in [-0.3, -0.25) is 9.69 Å². The van der Waals surface area contributed by atoms with Gasteiger partial charge in [0.25, 0.3) is 5.91 Å². The van der Waals surface area contributed by atoms with Crippen molar-refractivity contribution < 1.29 is 9.63 Å². The summed E-state index contributed by atoms with van der Waals surface area (Å²) in [4.78, 5) is 19.3. The van der Waals surface area contributed by atoms with E-state index < -0.39 is 0 Å². The largest absolute Gasteiger partial charge is 0.397 e. The second kappa shape index (κ2) is 6.65. The molecule has 4 heteroatoms. The van der Waals surface area contributed by atoms with Crippen LogP contribution in [-0.4, -0.2) is 30.3 Å². The van der Waals surface area contributed by atoms with Gasteiger partial charge in [-0.15, -0.1) is 0 Å². The maximum absolute atomic E-state index is 12.6. The third-order valence-electron chi connectivity index (χ3n) is 4.01. The molecule has 0 bridgehead atoms. The van der Waals surface area contributed by atoms with Crippen LogP contribution in [0.4, 0.5) is 0 Å². The second-order valence-electron chi connectivity index (χ2n) is 5.53. The molecule has 0 saturated carbocycles. The Morgan fingerprint density at radius 1 is 1.04 bits per heavy atom. The molecule has 0 aliphatic carbocycles. The molecule has 0 saturated heterocycles. The lowest BCUT2D eigenvalue weighted by atomic mass is 10.0. The van der Waals surface area contributed by atoms with E-state index in [0.29, 0.717) is 17.9 Å². The predicted molar refractivity (Wildman–Crippen MR) is 91.4 cm³/mol. The Morgan fingerprint density at radius 3 is 2.52 bits per heavy atom. The van der Waals surface area contributed by atoms with Crippen LogP contribution in [-0.2, 0) is 4.84 Å². The molecule has 118 valence electrons. The van der Waals surface area contributed by atoms with E-state index in [4.69, 9.17) is 4.84 Å². The van der Waals surface area contributed by atoms with Gasteiger partial charge in [-0.05, 0) is 29.7 Å². The number of amidine groups is 1. The highest BCUT2D eigenvalue weighted by atomic mass is 16.6. The lowest BCUT2D eigenvalue weighted by Gasteiger charge is -2.15. The van der Waals surface area contributed by atoms with E-state index in [1.54, 1.807) is 4.90 Å². The number of oxime groups is 1. The quantitative estimate of drug-likeness (QED) is 0.786. The Bertz CT molecular complexity index is 738. The number of hydrogen-bond acceptors (Lipinski definition) is 3. The molecule has 1 aliphatic heterocycles. The van der Waals surface area contributed by atoms with E-state index in [-0.39, 0.29) is 5.91 Å². The van der Waals surface area contributed by atoms with Crippen LogP contribution in [0.15, 0.2) is 53.7 Å². The van der Waals surface area contributed by atoms with Gasteiger partial charge < -0.3 is 4.84 Å². The van der Waals surface area contributed by atoms with Crippen LogP contribution < -0.4 is 0 Å². The second-order valence-corrected chi connectivity index (χ2v) is 5.53. The van der Waals surface area contributed by atoms with Gasteiger partial charge in [0.1, 0.15) is 7.11 Å². The molecule has 23 heavy (non-hydrogen) atoms. The molecule has 1 heterocycles. The van der Waals surface area contributed by atoms with Gasteiger partial charge in [0.2, 0.25) is 0 Å². The van der Waals surface area contributed by atoms with Crippen molar-refractivity contribution in [2.45, 2.75) is 19.8 Å². The van der Waals surface area contributed by atoms with Crippen molar-refractivity contribution in [1.82, 2.24) is 4.90 Å². The summed E-state index contributed by atoms with van der Waals surface area (Å²) in [5.74, 6) is 0.614. The molecule has 3 rings (SSSR count). The van der Waals surface area contributed by atoms with Crippen molar-refractivity contribution in [1.29, 1.82) is 0 Å². The Morgan fingerprint density at radius 2 is 1.83 bits per heavy atom. The summed E-state index contributed by atoms with van der Waals surface area (Å²) in [5, 5.41) is 4.11. The summed E-state index contributed by atoms with van der Waals surface area (Å²) < 4.78 is 0. The number of fused-ring (bicyclic) bond motifs is 1. The van der Waals surface area contributed by atoms with Crippen molar-refractivity contribution in [2.75, 3.05) is 13.7 Å². The number of carbonyl (C=O) groups excluding carboxylic acids is 1. The molecule has 2 aromatic carbocycles. The fourth-order valence-electron chi connectivity index (χ4n) is 2.82. The number of hydrogen-bond donors (Lipinski definition) is 0. The average Bonchev–Trinajstić information content (AvgIpc) is 2.86. The molecule has 4 nitrogen and oxygen atoms in total. The van der Waals surface area contributed by atoms with Gasteiger partial charge in [-0.25, -0.2) is 0 Å². The van der Waals surface area contributed by atoms with Gasteiger partial charge in [-0.1, -0.05) is 54.9 Å². The minimum absolute atomic E-state index is 0.00358. The molecule has 1 aliphatic rings. The first-order valence-electron chi connectivity index (χ1n) is 7.89. The smallest absolute Gasteiger partial charge is 0.260 e. The minimum Gasteiger partial charge on any atom is -0.397 e. The summed E-state index contributed by atoms with van der Waals surface area (Å²) in [6, 6.07) is 16.0. The number of benzene rings is 2. The fourth-order valence-corrected chi connectivity index (χ4v) is 2.82. The summed E-state index contributed by atoms with van der Waals surface area (Å²) >= 11 is 0. The molecular formula is C19H20N2O2. The Hall–Kier alpha value is -2.62. The molecule has 2 aromatic rings. The van der Waals surface area contributed by atoms with Gasteiger partial charge >= 0.3 is 0 Å². The number of amides is 1. The summed E-state index contributed by atoms with van der Waals surface area (Å²) in [7, 11) is 1.51. The molecular weight excluding hydrogens is 288 g/mol. The molecule has 0 aromatic heterocycles. The third kappa shape index (κ3) is 2.84. The van der Waals surface area contributed by atoms with Gasteiger partial charge in [0.15, 0.2) is 5.84 Å². The molecule has 0 unspecified atom stereocenters. The van der Waals surface area contributed by atoms with Crippen molar-refractivity contribution >= 4 is 11.7 Å². The topological polar surface area (TPSA) is 41.9 Å². The van der Waals surface area contributed by atoms with Crippen LogP contribution >= 0.6 is 0 Å². The van der Waals surface area contributed by atoms with Crippen molar-refractivity contribution in [3.63, 3.8) is 0 Å². The maximum Gasteiger partial charge on any atom is 0.260 e. The van der Waals surface area contributed by atoms with Crippen LogP contribution in [0.2, 0.25) is 0 Å². The zero-order chi connectivity index (χ0) is 16.2. The molecule has 0 fully saturated rings. The SMILES string of the molecule is CCCCN1C(=O)c2ccc(-c3ccccc3)cc2C1=NOC. The zero-order valence-corrected chi connectivity index (χ0v) is 13.5. The molecule has 0 spiro atoms. The van der Waals surface area contributed by atoms with Crippen LogP contribution in [0.3, 0.4) is 0 Å². The van der Waals surface area contributed by atoms with Crippen LogP contribution in [0.5, 0.6) is 0 Å². The standard InChI is InChI=1S/C19H20N2O2/c1-3-4-12-21-18(20-23-2)17-13-15(10-11-16(17)19(21)22)14-8-6-5-7-9-14/h5-11,13H,3-4,12H2,1-2H3. The molecule has 0 atom stereocenters. The highest BCUT2D eigenvalue weighted by molar-refractivity contribution is 6.23. The van der Waals surface area contributed by atoms with Crippen molar-refractivity contribution in [3.8, 4) is 11.1 Å². The van der Waals surface area contributed by atoms with Crippen molar-refractivity contribution in [2.24, 2.45) is 5.16 Å². The minimum atomic E-state index is 0.00358. The average molecular weight is 308 g/mol. The van der Waals surface area contributed by atoms with Gasteiger partial charge in [-0.2, -0.15) is 0 Å². The first-order chi connectivity index (χ1) is 11.3. The Balaban J connectivity index is 2.04. The molecule has 0 radical (unpaired) electrons. The summed E-state index contributed by atoms with van der Waals surface area (Å²) in [6.07, 6.45) is 1.96. The highest BCUT2D eigenvalue weighted by Gasteiger charge is 2.34. The van der Waals surface area contributed by atoms with E-state index in [1.807, 2.05) is 36.4 Å². The van der Waals surface area contributed by atoms with Crippen LogP contribution in [0.25, 0.3) is 11.1 Å². The predicted octanol–water partition coefficient (Wildman–Crippen LogP) is 3.92. The first kappa shape index (κ1) is 15.3. The number of nitrogens with zero attached hydrogens (tertiary/aromatic N) is 2. The Labute approximate surface area is 136 Å². The van der Waals surface area contributed by atoms with Gasteiger partial charge in [0, 0.05) is 12.1 Å². The van der Waals surface area contributed by atoms with E-state index in [0.717, 1.165) is 29.5 Å². The maximum atomic E-state index is 12.6. The highest BCUT2D eigenvalue weighted by Crippen LogP contribution is 2.29. The third-order valence-corrected chi connectivity index (χ3v) is 4.01. The van der Waals surface area contributed by atoms with E-state index in [1.165, 1.54) is 7.11 Å². The number of carbonyl (C=O) groups is 1. The Kier molecular flexibility index (Phi) is 4.42. The van der Waals surface area contributed by atoms with Crippen LogP contribution in [0.1, 0.15) is 35.7 Å².